The molecule has 1 aliphatic rings. The lowest BCUT2D eigenvalue weighted by Gasteiger charge is -2.15. The molecule has 5 heteroatoms. The molecule has 0 aliphatic carbocycles. The van der Waals surface area contributed by atoms with Gasteiger partial charge in [0.25, 0.3) is 5.91 Å². The van der Waals surface area contributed by atoms with Crippen LogP contribution in [0.3, 0.4) is 0 Å². The van der Waals surface area contributed by atoms with Crippen LogP contribution in [-0.4, -0.2) is 36.0 Å². The van der Waals surface area contributed by atoms with Crippen LogP contribution < -0.4 is 5.43 Å². The quantitative estimate of drug-likeness (QED) is 0.632. The molecule has 0 bridgehead atoms. The van der Waals surface area contributed by atoms with Crippen LogP contribution in [0.2, 0.25) is 0 Å². The van der Waals surface area contributed by atoms with Gasteiger partial charge in [-0.15, -0.1) is 0 Å². The number of carbonyl (C=O) groups excluding carboxylic acids is 2. The summed E-state index contributed by atoms with van der Waals surface area (Å²) in [4.78, 5) is 25.9. The normalized spacial score (nSPS) is 17.1. The molecule has 0 saturated carbocycles. The van der Waals surface area contributed by atoms with E-state index in [1.807, 2.05) is 42.5 Å². The van der Waals surface area contributed by atoms with Gasteiger partial charge in [0.15, 0.2) is 0 Å². The minimum atomic E-state index is -0.285. The van der Waals surface area contributed by atoms with Gasteiger partial charge in [0.1, 0.15) is 6.54 Å². The lowest BCUT2D eigenvalue weighted by Crippen LogP contribution is -2.36. The Morgan fingerprint density at radius 2 is 1.89 bits per heavy atom. The summed E-state index contributed by atoms with van der Waals surface area (Å²) in [6.07, 6.45) is 2.06. The van der Waals surface area contributed by atoms with Gasteiger partial charge in [-0.25, -0.2) is 5.43 Å². The molecule has 0 aromatic heterocycles. The highest BCUT2D eigenvalue weighted by molar-refractivity contribution is 5.87. The molecule has 1 atom stereocenters. The fourth-order valence-corrected chi connectivity index (χ4v) is 3.23. The number of hydrazone groups is 1. The molecule has 1 saturated heterocycles. The van der Waals surface area contributed by atoms with Crippen molar-refractivity contribution in [2.45, 2.75) is 32.1 Å². The van der Waals surface area contributed by atoms with Gasteiger partial charge in [-0.3, -0.25) is 9.59 Å². The van der Waals surface area contributed by atoms with E-state index in [9.17, 15) is 9.59 Å². The van der Waals surface area contributed by atoms with Crippen molar-refractivity contribution in [1.29, 1.82) is 0 Å². The third-order valence-electron chi connectivity index (χ3n) is 4.83. The number of carbonyl (C=O) groups is 2. The van der Waals surface area contributed by atoms with Crippen LogP contribution in [-0.2, 0) is 9.59 Å². The molecule has 0 spiro atoms. The largest absolute Gasteiger partial charge is 0.333 e. The third kappa shape index (κ3) is 5.03. The van der Waals surface area contributed by atoms with Gasteiger partial charge in [0.05, 0.1) is 6.21 Å². The first-order valence-corrected chi connectivity index (χ1v) is 9.27. The second-order valence-electron chi connectivity index (χ2n) is 7.20. The fraction of sp³-hybridized carbons (Fsp3) is 0.318. The summed E-state index contributed by atoms with van der Waals surface area (Å²) in [5.41, 5.74) is 5.82. The van der Waals surface area contributed by atoms with E-state index in [0.29, 0.717) is 18.9 Å². The molecule has 2 amide bonds. The predicted octanol–water partition coefficient (Wildman–Crippen LogP) is 3.28. The monoisotopic (exact) mass is 363 g/mol. The van der Waals surface area contributed by atoms with Crippen LogP contribution in [0, 0.1) is 0 Å². The Morgan fingerprint density at radius 3 is 2.56 bits per heavy atom. The summed E-state index contributed by atoms with van der Waals surface area (Å²) in [5, 5.41) is 4.00. The van der Waals surface area contributed by atoms with Crippen molar-refractivity contribution >= 4 is 18.0 Å². The number of hydrogen-bond donors (Lipinski definition) is 1. The Hall–Kier alpha value is -2.95. The number of benzene rings is 2. The van der Waals surface area contributed by atoms with Crippen LogP contribution in [0.5, 0.6) is 0 Å². The number of hydrogen-bond acceptors (Lipinski definition) is 3. The van der Waals surface area contributed by atoms with E-state index in [1.54, 1.807) is 11.1 Å². The maximum absolute atomic E-state index is 12.2. The molecule has 1 heterocycles. The zero-order valence-electron chi connectivity index (χ0n) is 15.8. The van der Waals surface area contributed by atoms with Crippen molar-refractivity contribution in [3.63, 3.8) is 0 Å². The van der Waals surface area contributed by atoms with E-state index in [4.69, 9.17) is 0 Å². The summed E-state index contributed by atoms with van der Waals surface area (Å²) in [5.74, 6) is 0.349. The van der Waals surface area contributed by atoms with Crippen molar-refractivity contribution in [3.05, 3.63) is 71.3 Å². The lowest BCUT2D eigenvalue weighted by molar-refractivity contribution is -0.133. The summed E-state index contributed by atoms with van der Waals surface area (Å²) >= 11 is 0. The van der Waals surface area contributed by atoms with Crippen molar-refractivity contribution < 1.29 is 9.59 Å². The van der Waals surface area contributed by atoms with Gasteiger partial charge in [-0.05, 0) is 22.6 Å². The molecule has 27 heavy (non-hydrogen) atoms. The molecule has 5 nitrogen and oxygen atoms in total. The van der Waals surface area contributed by atoms with E-state index in [-0.39, 0.29) is 24.3 Å². The van der Waals surface area contributed by atoms with Gasteiger partial charge < -0.3 is 4.90 Å². The minimum absolute atomic E-state index is 0.00672. The van der Waals surface area contributed by atoms with Gasteiger partial charge in [0, 0.05) is 18.9 Å². The lowest BCUT2D eigenvalue weighted by atomic mass is 9.99. The molecule has 1 N–H and O–H groups in total. The van der Waals surface area contributed by atoms with Crippen molar-refractivity contribution in [2.75, 3.05) is 13.1 Å². The Balaban J connectivity index is 1.49. The van der Waals surface area contributed by atoms with E-state index in [2.05, 4.69) is 36.5 Å². The molecule has 3 rings (SSSR count). The van der Waals surface area contributed by atoms with Gasteiger partial charge in [0.2, 0.25) is 5.91 Å². The molecule has 1 fully saturated rings. The second-order valence-corrected chi connectivity index (χ2v) is 7.20. The highest BCUT2D eigenvalue weighted by Crippen LogP contribution is 2.27. The van der Waals surface area contributed by atoms with Crippen LogP contribution in [0.4, 0.5) is 0 Å². The standard InChI is InChI=1S/C22H25N3O2/c1-16(2)18-10-8-17(9-11-18)13-23-24-21(26)15-25-14-20(12-22(25)27)19-6-4-3-5-7-19/h3-11,13,16,20H,12,14-15H2,1-2H3,(H,24,26)/b23-13-/t20-/m0/s1. The van der Waals surface area contributed by atoms with Gasteiger partial charge >= 0.3 is 0 Å². The first-order chi connectivity index (χ1) is 13.0. The number of likely N-dealkylation sites (tertiary alicyclic amines) is 1. The molecule has 2 aromatic carbocycles. The average molecular weight is 363 g/mol. The molecule has 0 unspecified atom stereocenters. The van der Waals surface area contributed by atoms with Crippen LogP contribution in [0.1, 0.15) is 48.8 Å². The maximum Gasteiger partial charge on any atom is 0.259 e. The first-order valence-electron chi connectivity index (χ1n) is 9.27. The molecule has 1 aliphatic heterocycles. The van der Waals surface area contributed by atoms with Crippen molar-refractivity contribution in [3.8, 4) is 0 Å². The molecular formula is C22H25N3O2. The van der Waals surface area contributed by atoms with Crippen LogP contribution in [0.25, 0.3) is 0 Å². The topological polar surface area (TPSA) is 61.8 Å². The summed E-state index contributed by atoms with van der Waals surface area (Å²) in [6, 6.07) is 18.0. The summed E-state index contributed by atoms with van der Waals surface area (Å²) in [7, 11) is 0. The van der Waals surface area contributed by atoms with Crippen LogP contribution in [0.15, 0.2) is 59.7 Å². The number of amides is 2. The van der Waals surface area contributed by atoms with Gasteiger partial charge in [-0.2, -0.15) is 5.10 Å². The zero-order chi connectivity index (χ0) is 19.2. The van der Waals surface area contributed by atoms with E-state index < -0.39 is 0 Å². The number of nitrogens with zero attached hydrogens (tertiary/aromatic N) is 2. The highest BCUT2D eigenvalue weighted by atomic mass is 16.2. The van der Waals surface area contributed by atoms with E-state index in [0.717, 1.165) is 11.1 Å². The van der Waals surface area contributed by atoms with Crippen LogP contribution >= 0.6 is 0 Å². The maximum atomic E-state index is 12.2. The smallest absolute Gasteiger partial charge is 0.259 e. The fourth-order valence-electron chi connectivity index (χ4n) is 3.23. The first kappa shape index (κ1) is 18.8. The zero-order valence-corrected chi connectivity index (χ0v) is 15.8. The Bertz CT molecular complexity index is 813. The Kier molecular flexibility index (Phi) is 6.01. The molecule has 0 radical (unpaired) electrons. The molecular weight excluding hydrogens is 338 g/mol. The van der Waals surface area contributed by atoms with Gasteiger partial charge in [-0.1, -0.05) is 68.4 Å². The third-order valence-corrected chi connectivity index (χ3v) is 4.83. The Labute approximate surface area is 160 Å². The SMILES string of the molecule is CC(C)c1ccc(/C=N\NC(=O)CN2C[C@@H](c3ccccc3)CC2=O)cc1. The average Bonchev–Trinajstić information content (AvgIpc) is 3.03. The minimum Gasteiger partial charge on any atom is -0.333 e. The Morgan fingerprint density at radius 1 is 1.19 bits per heavy atom. The second kappa shape index (κ2) is 8.62. The molecule has 2 aromatic rings. The van der Waals surface area contributed by atoms with E-state index >= 15 is 0 Å². The number of nitrogens with one attached hydrogen (secondary N) is 1. The highest BCUT2D eigenvalue weighted by Gasteiger charge is 2.31. The molecule has 140 valence electrons. The number of rotatable bonds is 6. The summed E-state index contributed by atoms with van der Waals surface area (Å²) in [6.45, 7) is 4.89. The summed E-state index contributed by atoms with van der Waals surface area (Å²) < 4.78 is 0. The van der Waals surface area contributed by atoms with Crippen molar-refractivity contribution in [2.24, 2.45) is 5.10 Å². The van der Waals surface area contributed by atoms with E-state index in [1.165, 1.54) is 5.56 Å². The van der Waals surface area contributed by atoms with Crippen molar-refractivity contribution in [1.82, 2.24) is 10.3 Å². The predicted molar refractivity (Wildman–Crippen MR) is 107 cm³/mol.